The lowest BCUT2D eigenvalue weighted by molar-refractivity contribution is 0.0983. The Morgan fingerprint density at radius 3 is 2.36 bits per heavy atom. The van der Waals surface area contributed by atoms with E-state index < -0.39 is 0 Å². The Hall–Kier alpha value is -0.900. The van der Waals surface area contributed by atoms with Crippen molar-refractivity contribution in [2.45, 2.75) is 25.7 Å². The van der Waals surface area contributed by atoms with Crippen LogP contribution in [0, 0.1) is 5.92 Å². The number of ether oxygens (including phenoxy) is 1. The van der Waals surface area contributed by atoms with E-state index in [4.69, 9.17) is 4.74 Å². The normalized spacial score (nSPS) is 24.7. The first kappa shape index (κ1) is 16.0. The van der Waals surface area contributed by atoms with E-state index in [-0.39, 0.29) is 5.41 Å². The molecule has 2 saturated heterocycles. The predicted octanol–water partition coefficient (Wildman–Crippen LogP) is 2.62. The van der Waals surface area contributed by atoms with Gasteiger partial charge in [-0.1, -0.05) is 44.2 Å². The molecule has 1 aromatic carbocycles. The van der Waals surface area contributed by atoms with E-state index in [1.807, 2.05) is 0 Å². The highest BCUT2D eigenvalue weighted by atomic mass is 16.5. The van der Waals surface area contributed by atoms with Crippen LogP contribution in [0.15, 0.2) is 30.3 Å². The second-order valence-electron chi connectivity index (χ2n) is 7.56. The molecule has 1 atom stereocenters. The second-order valence-corrected chi connectivity index (χ2v) is 7.56. The van der Waals surface area contributed by atoms with Gasteiger partial charge in [0, 0.05) is 51.3 Å². The lowest BCUT2D eigenvalue weighted by atomic mass is 9.84. The largest absolute Gasteiger partial charge is 0.381 e. The summed E-state index contributed by atoms with van der Waals surface area (Å²) >= 11 is 0. The molecule has 0 aliphatic carbocycles. The van der Waals surface area contributed by atoms with E-state index in [9.17, 15) is 0 Å². The minimum absolute atomic E-state index is 0.225. The molecule has 2 aliphatic heterocycles. The molecule has 3 nitrogen and oxygen atoms in total. The van der Waals surface area contributed by atoms with E-state index in [1.165, 1.54) is 44.7 Å². The van der Waals surface area contributed by atoms with Crippen molar-refractivity contribution in [3.63, 3.8) is 0 Å². The molecule has 0 radical (unpaired) electrons. The maximum Gasteiger partial charge on any atom is 0.0507 e. The molecule has 1 aromatic rings. The van der Waals surface area contributed by atoms with Gasteiger partial charge < -0.3 is 9.64 Å². The molecule has 2 aliphatic rings. The SMILES string of the molecule is CC(C)(CN1CCN(C[C@@H]2CCOC2)CC1)c1ccccc1. The molecule has 2 fully saturated rings. The highest BCUT2D eigenvalue weighted by molar-refractivity contribution is 5.23. The van der Waals surface area contributed by atoms with Crippen molar-refractivity contribution in [3.8, 4) is 0 Å². The lowest BCUT2D eigenvalue weighted by Crippen LogP contribution is -2.50. The third-order valence-electron chi connectivity index (χ3n) is 5.18. The Morgan fingerprint density at radius 2 is 1.73 bits per heavy atom. The molecule has 0 aromatic heterocycles. The van der Waals surface area contributed by atoms with Gasteiger partial charge in [0.25, 0.3) is 0 Å². The first-order chi connectivity index (χ1) is 10.6. The molecule has 0 unspecified atom stereocenters. The molecule has 0 spiro atoms. The number of benzene rings is 1. The number of rotatable bonds is 5. The maximum absolute atomic E-state index is 5.50. The van der Waals surface area contributed by atoms with Gasteiger partial charge in [0.1, 0.15) is 0 Å². The van der Waals surface area contributed by atoms with E-state index in [0.717, 1.165) is 25.7 Å². The highest BCUT2D eigenvalue weighted by Crippen LogP contribution is 2.25. The Kier molecular flexibility index (Phi) is 5.17. The Balaban J connectivity index is 1.47. The second kappa shape index (κ2) is 7.12. The predicted molar refractivity (Wildman–Crippen MR) is 91.3 cm³/mol. The Morgan fingerprint density at radius 1 is 1.05 bits per heavy atom. The Bertz CT molecular complexity index is 446. The average Bonchev–Trinajstić information content (AvgIpc) is 3.03. The maximum atomic E-state index is 5.50. The summed E-state index contributed by atoms with van der Waals surface area (Å²) < 4.78 is 5.50. The molecule has 122 valence electrons. The minimum atomic E-state index is 0.225. The van der Waals surface area contributed by atoms with Gasteiger partial charge in [-0.2, -0.15) is 0 Å². The molecule has 3 rings (SSSR count). The topological polar surface area (TPSA) is 15.7 Å². The third-order valence-corrected chi connectivity index (χ3v) is 5.18. The lowest BCUT2D eigenvalue weighted by Gasteiger charge is -2.39. The van der Waals surface area contributed by atoms with E-state index in [2.05, 4.69) is 54.0 Å². The number of hydrogen-bond acceptors (Lipinski definition) is 3. The molecule has 0 amide bonds. The van der Waals surface area contributed by atoms with Crippen molar-refractivity contribution in [2.75, 3.05) is 52.5 Å². The van der Waals surface area contributed by atoms with Crippen molar-refractivity contribution in [3.05, 3.63) is 35.9 Å². The van der Waals surface area contributed by atoms with Gasteiger partial charge in [-0.3, -0.25) is 4.90 Å². The van der Waals surface area contributed by atoms with E-state index in [0.29, 0.717) is 0 Å². The van der Waals surface area contributed by atoms with Crippen molar-refractivity contribution in [1.29, 1.82) is 0 Å². The standard InChI is InChI=1S/C19H30N2O/c1-19(2,18-6-4-3-5-7-18)16-21-11-9-20(10-12-21)14-17-8-13-22-15-17/h3-7,17H,8-16H2,1-2H3/t17-/m0/s1. The van der Waals surface area contributed by atoms with Crippen LogP contribution >= 0.6 is 0 Å². The summed E-state index contributed by atoms with van der Waals surface area (Å²) in [6.45, 7) is 13.9. The van der Waals surface area contributed by atoms with Gasteiger partial charge >= 0.3 is 0 Å². The van der Waals surface area contributed by atoms with Crippen LogP contribution < -0.4 is 0 Å². The van der Waals surface area contributed by atoms with Crippen molar-refractivity contribution < 1.29 is 4.74 Å². The zero-order chi connectivity index (χ0) is 15.4. The molecule has 2 heterocycles. The van der Waals surface area contributed by atoms with Crippen molar-refractivity contribution in [1.82, 2.24) is 9.80 Å². The fourth-order valence-corrected chi connectivity index (χ4v) is 3.76. The van der Waals surface area contributed by atoms with Crippen LogP contribution in [-0.4, -0.2) is 62.3 Å². The van der Waals surface area contributed by atoms with Crippen molar-refractivity contribution >= 4 is 0 Å². The first-order valence-corrected chi connectivity index (χ1v) is 8.71. The van der Waals surface area contributed by atoms with Gasteiger partial charge in [0.2, 0.25) is 0 Å². The molecular formula is C19H30N2O. The summed E-state index contributed by atoms with van der Waals surface area (Å²) in [5.74, 6) is 0.771. The number of nitrogens with zero attached hydrogens (tertiary/aromatic N) is 2. The monoisotopic (exact) mass is 302 g/mol. The van der Waals surface area contributed by atoms with Crippen LogP contribution in [0.2, 0.25) is 0 Å². The first-order valence-electron chi connectivity index (χ1n) is 8.71. The highest BCUT2D eigenvalue weighted by Gasteiger charge is 2.27. The van der Waals surface area contributed by atoms with Crippen LogP contribution in [0.4, 0.5) is 0 Å². The third kappa shape index (κ3) is 4.09. The summed E-state index contributed by atoms with van der Waals surface area (Å²) in [4.78, 5) is 5.26. The summed E-state index contributed by atoms with van der Waals surface area (Å²) in [7, 11) is 0. The van der Waals surface area contributed by atoms with Gasteiger partial charge in [0.05, 0.1) is 6.61 Å². The zero-order valence-electron chi connectivity index (χ0n) is 14.1. The summed E-state index contributed by atoms with van der Waals surface area (Å²) in [5.41, 5.74) is 1.67. The summed E-state index contributed by atoms with van der Waals surface area (Å²) in [6, 6.07) is 10.9. The molecule has 0 N–H and O–H groups in total. The smallest absolute Gasteiger partial charge is 0.0507 e. The van der Waals surface area contributed by atoms with Gasteiger partial charge in [-0.15, -0.1) is 0 Å². The number of piperazine rings is 1. The van der Waals surface area contributed by atoms with E-state index >= 15 is 0 Å². The zero-order valence-corrected chi connectivity index (χ0v) is 14.1. The van der Waals surface area contributed by atoms with Crippen LogP contribution in [-0.2, 0) is 10.2 Å². The summed E-state index contributed by atoms with van der Waals surface area (Å²) in [5, 5.41) is 0. The van der Waals surface area contributed by atoms with Crippen LogP contribution in [0.25, 0.3) is 0 Å². The fourth-order valence-electron chi connectivity index (χ4n) is 3.76. The minimum Gasteiger partial charge on any atom is -0.381 e. The average molecular weight is 302 g/mol. The van der Waals surface area contributed by atoms with Crippen LogP contribution in [0.5, 0.6) is 0 Å². The number of hydrogen-bond donors (Lipinski definition) is 0. The molecular weight excluding hydrogens is 272 g/mol. The quantitative estimate of drug-likeness (QED) is 0.831. The van der Waals surface area contributed by atoms with Gasteiger partial charge in [-0.25, -0.2) is 0 Å². The summed E-state index contributed by atoms with van der Waals surface area (Å²) in [6.07, 6.45) is 1.25. The molecule has 3 heteroatoms. The Labute approximate surface area is 135 Å². The molecule has 22 heavy (non-hydrogen) atoms. The molecule has 0 saturated carbocycles. The fraction of sp³-hybridized carbons (Fsp3) is 0.684. The van der Waals surface area contributed by atoms with Crippen LogP contribution in [0.1, 0.15) is 25.8 Å². The molecule has 0 bridgehead atoms. The van der Waals surface area contributed by atoms with Crippen molar-refractivity contribution in [2.24, 2.45) is 5.92 Å². The van der Waals surface area contributed by atoms with E-state index in [1.54, 1.807) is 0 Å². The van der Waals surface area contributed by atoms with Gasteiger partial charge in [0.15, 0.2) is 0 Å². The van der Waals surface area contributed by atoms with Gasteiger partial charge in [-0.05, 0) is 17.9 Å². The van der Waals surface area contributed by atoms with Crippen LogP contribution in [0.3, 0.4) is 0 Å².